The molecule has 0 saturated carbocycles. The first-order chi connectivity index (χ1) is 13.5. The molecule has 142 valence electrons. The van der Waals surface area contributed by atoms with Gasteiger partial charge in [0.25, 0.3) is 0 Å². The zero-order valence-corrected chi connectivity index (χ0v) is 16.9. The lowest BCUT2D eigenvalue weighted by molar-refractivity contribution is -0.111. The SMILES string of the molecule is COC(=O)c1c(NC(=O)/C=C/c2cccc(Cl)c2)sc(C)c1-c1ccccc1. The second-order valence-electron chi connectivity index (χ2n) is 5.97. The van der Waals surface area contributed by atoms with E-state index >= 15 is 0 Å². The van der Waals surface area contributed by atoms with E-state index in [1.165, 1.54) is 24.5 Å². The molecule has 0 atom stereocenters. The van der Waals surface area contributed by atoms with Gasteiger partial charge in [-0.15, -0.1) is 11.3 Å². The van der Waals surface area contributed by atoms with E-state index in [4.69, 9.17) is 16.3 Å². The van der Waals surface area contributed by atoms with E-state index in [0.29, 0.717) is 15.6 Å². The first-order valence-electron chi connectivity index (χ1n) is 8.51. The topological polar surface area (TPSA) is 55.4 Å². The molecule has 0 radical (unpaired) electrons. The molecule has 1 aromatic heterocycles. The first-order valence-corrected chi connectivity index (χ1v) is 9.71. The van der Waals surface area contributed by atoms with Crippen LogP contribution in [0.3, 0.4) is 0 Å². The van der Waals surface area contributed by atoms with Crippen LogP contribution in [0.1, 0.15) is 20.8 Å². The van der Waals surface area contributed by atoms with Gasteiger partial charge in [0.05, 0.1) is 7.11 Å². The number of amides is 1. The van der Waals surface area contributed by atoms with Crippen LogP contribution in [-0.2, 0) is 9.53 Å². The Morgan fingerprint density at radius 2 is 1.86 bits per heavy atom. The molecule has 3 aromatic rings. The summed E-state index contributed by atoms with van der Waals surface area (Å²) in [5, 5.41) is 3.86. The lowest BCUT2D eigenvalue weighted by Gasteiger charge is -2.07. The first kappa shape index (κ1) is 19.9. The molecule has 0 spiro atoms. The van der Waals surface area contributed by atoms with Gasteiger partial charge in [-0.1, -0.05) is 54.1 Å². The maximum absolute atomic E-state index is 12.4. The maximum Gasteiger partial charge on any atom is 0.341 e. The van der Waals surface area contributed by atoms with Crippen molar-refractivity contribution in [1.29, 1.82) is 0 Å². The Hall–Kier alpha value is -2.89. The van der Waals surface area contributed by atoms with Crippen LogP contribution < -0.4 is 5.32 Å². The number of carbonyl (C=O) groups excluding carboxylic acids is 2. The molecule has 0 aliphatic heterocycles. The highest BCUT2D eigenvalue weighted by Gasteiger charge is 2.24. The Balaban J connectivity index is 1.91. The van der Waals surface area contributed by atoms with E-state index in [1.807, 2.05) is 49.4 Å². The van der Waals surface area contributed by atoms with Gasteiger partial charge in [-0.2, -0.15) is 0 Å². The Morgan fingerprint density at radius 1 is 1.11 bits per heavy atom. The summed E-state index contributed by atoms with van der Waals surface area (Å²) < 4.78 is 4.96. The van der Waals surface area contributed by atoms with Crippen molar-refractivity contribution in [2.24, 2.45) is 0 Å². The van der Waals surface area contributed by atoms with Crippen molar-refractivity contribution in [1.82, 2.24) is 0 Å². The largest absolute Gasteiger partial charge is 0.465 e. The molecule has 6 heteroatoms. The van der Waals surface area contributed by atoms with Gasteiger partial charge in [0.2, 0.25) is 5.91 Å². The molecule has 0 saturated heterocycles. The van der Waals surface area contributed by atoms with Crippen LogP contribution in [0.5, 0.6) is 0 Å². The quantitative estimate of drug-likeness (QED) is 0.425. The van der Waals surface area contributed by atoms with Gasteiger partial charge in [0.15, 0.2) is 0 Å². The van der Waals surface area contributed by atoms with Crippen molar-refractivity contribution >= 4 is 45.9 Å². The third-order valence-corrected chi connectivity index (χ3v) is 5.30. The molecule has 0 aliphatic rings. The minimum Gasteiger partial charge on any atom is -0.465 e. The summed E-state index contributed by atoms with van der Waals surface area (Å²) in [6.45, 7) is 1.91. The van der Waals surface area contributed by atoms with E-state index in [2.05, 4.69) is 5.32 Å². The highest BCUT2D eigenvalue weighted by Crippen LogP contribution is 2.40. The van der Waals surface area contributed by atoms with Crippen LogP contribution >= 0.6 is 22.9 Å². The van der Waals surface area contributed by atoms with Crippen molar-refractivity contribution in [3.05, 3.63) is 81.7 Å². The Labute approximate surface area is 172 Å². The minimum atomic E-state index is -0.489. The summed E-state index contributed by atoms with van der Waals surface area (Å²) in [4.78, 5) is 25.8. The molecule has 2 aromatic carbocycles. The number of methoxy groups -OCH3 is 1. The standard InChI is InChI=1S/C22H18ClNO3S/c1-14-19(16-8-4-3-5-9-16)20(22(26)27-2)21(28-14)24-18(25)12-11-15-7-6-10-17(23)13-15/h3-13H,1-2H3,(H,24,25)/b12-11+. The Morgan fingerprint density at radius 3 is 2.54 bits per heavy atom. The smallest absolute Gasteiger partial charge is 0.341 e. The molecule has 0 bridgehead atoms. The number of carbonyl (C=O) groups is 2. The van der Waals surface area contributed by atoms with E-state index in [-0.39, 0.29) is 5.91 Å². The van der Waals surface area contributed by atoms with Gasteiger partial charge >= 0.3 is 5.97 Å². The van der Waals surface area contributed by atoms with Crippen LogP contribution in [-0.4, -0.2) is 19.0 Å². The summed E-state index contributed by atoms with van der Waals surface area (Å²) in [6.07, 6.45) is 3.07. The summed E-state index contributed by atoms with van der Waals surface area (Å²) in [7, 11) is 1.33. The van der Waals surface area contributed by atoms with Gasteiger partial charge in [-0.25, -0.2) is 4.79 Å². The number of halogens is 1. The molecule has 28 heavy (non-hydrogen) atoms. The number of ether oxygens (including phenoxy) is 1. The van der Waals surface area contributed by atoms with Crippen LogP contribution in [0.2, 0.25) is 5.02 Å². The van der Waals surface area contributed by atoms with Crippen molar-refractivity contribution in [3.8, 4) is 11.1 Å². The van der Waals surface area contributed by atoms with Crippen LogP contribution in [0.15, 0.2) is 60.7 Å². The second-order valence-corrected chi connectivity index (χ2v) is 7.63. The zero-order chi connectivity index (χ0) is 20.1. The number of esters is 1. The monoisotopic (exact) mass is 411 g/mol. The lowest BCUT2D eigenvalue weighted by atomic mass is 10.0. The number of benzene rings is 2. The van der Waals surface area contributed by atoms with Gasteiger partial charge < -0.3 is 10.1 Å². The number of hydrogen-bond acceptors (Lipinski definition) is 4. The molecule has 1 amide bonds. The number of hydrogen-bond donors (Lipinski definition) is 1. The van der Waals surface area contributed by atoms with Gasteiger partial charge in [0, 0.05) is 21.5 Å². The molecular weight excluding hydrogens is 394 g/mol. The highest BCUT2D eigenvalue weighted by molar-refractivity contribution is 7.17. The summed E-state index contributed by atoms with van der Waals surface area (Å²) in [5.41, 5.74) is 2.84. The molecule has 0 aliphatic carbocycles. The maximum atomic E-state index is 12.4. The van der Waals surface area contributed by atoms with Crippen LogP contribution in [0.4, 0.5) is 5.00 Å². The van der Waals surface area contributed by atoms with E-state index in [0.717, 1.165) is 21.6 Å². The van der Waals surface area contributed by atoms with Gasteiger partial charge in [-0.05, 0) is 36.3 Å². The fraction of sp³-hybridized carbons (Fsp3) is 0.0909. The third-order valence-electron chi connectivity index (χ3n) is 4.05. The fourth-order valence-corrected chi connectivity index (χ4v) is 4.08. The summed E-state index contributed by atoms with van der Waals surface area (Å²) in [5.74, 6) is -0.830. The third kappa shape index (κ3) is 4.50. The molecule has 3 rings (SSSR count). The minimum absolute atomic E-state index is 0.342. The number of thiophene rings is 1. The average Bonchev–Trinajstić information content (AvgIpc) is 3.02. The van der Waals surface area contributed by atoms with Crippen LogP contribution in [0, 0.1) is 6.92 Å². The zero-order valence-electron chi connectivity index (χ0n) is 15.4. The Bertz CT molecular complexity index is 1040. The predicted molar refractivity (Wildman–Crippen MR) is 115 cm³/mol. The number of anilines is 1. The normalized spacial score (nSPS) is 10.8. The lowest BCUT2D eigenvalue weighted by Crippen LogP contribution is -2.11. The number of nitrogens with one attached hydrogen (secondary N) is 1. The molecular formula is C22H18ClNO3S. The van der Waals surface area contributed by atoms with E-state index < -0.39 is 5.97 Å². The predicted octanol–water partition coefficient (Wildman–Crippen LogP) is 5.82. The fourth-order valence-electron chi connectivity index (χ4n) is 2.82. The Kier molecular flexibility index (Phi) is 6.29. The summed E-state index contributed by atoms with van der Waals surface area (Å²) in [6, 6.07) is 16.7. The van der Waals surface area contributed by atoms with Crippen molar-refractivity contribution in [2.75, 3.05) is 12.4 Å². The highest BCUT2D eigenvalue weighted by atomic mass is 35.5. The number of aryl methyl sites for hydroxylation is 1. The van der Waals surface area contributed by atoms with Crippen molar-refractivity contribution < 1.29 is 14.3 Å². The molecule has 0 fully saturated rings. The number of rotatable bonds is 5. The van der Waals surface area contributed by atoms with Crippen LogP contribution in [0.25, 0.3) is 17.2 Å². The van der Waals surface area contributed by atoms with Crippen molar-refractivity contribution in [3.63, 3.8) is 0 Å². The summed E-state index contributed by atoms with van der Waals surface area (Å²) >= 11 is 7.30. The van der Waals surface area contributed by atoms with Gasteiger partial charge in [-0.3, -0.25) is 4.79 Å². The van der Waals surface area contributed by atoms with E-state index in [9.17, 15) is 9.59 Å². The molecule has 1 N–H and O–H groups in total. The van der Waals surface area contributed by atoms with Crippen molar-refractivity contribution in [2.45, 2.75) is 6.92 Å². The average molecular weight is 412 g/mol. The molecule has 0 unspecified atom stereocenters. The molecule has 4 nitrogen and oxygen atoms in total. The van der Waals surface area contributed by atoms with E-state index in [1.54, 1.807) is 18.2 Å². The molecule has 1 heterocycles. The second kappa shape index (κ2) is 8.87. The van der Waals surface area contributed by atoms with Gasteiger partial charge in [0.1, 0.15) is 10.6 Å².